The molecule has 12 aliphatic carbocycles. The largest absolute Gasteiger partial charge is 0.550 e. The van der Waals surface area contributed by atoms with Crippen LogP contribution in [-0.4, -0.2) is 196 Å². The van der Waals surface area contributed by atoms with Crippen molar-refractivity contribution in [3.8, 4) is 0 Å². The van der Waals surface area contributed by atoms with Crippen molar-refractivity contribution < 1.29 is 198 Å². The molecule has 0 saturated heterocycles. The molecule has 0 aromatic heterocycles. The van der Waals surface area contributed by atoms with Crippen molar-refractivity contribution in [3.63, 3.8) is 0 Å². The number of carbonyl (C=O) groups excluding carboxylic acids is 5. The van der Waals surface area contributed by atoms with Crippen LogP contribution in [0, 0.1) is 142 Å². The maximum absolute atomic E-state index is 11.3. The van der Waals surface area contributed by atoms with Gasteiger partial charge in [0.2, 0.25) is 0 Å². The highest BCUT2D eigenvalue weighted by atomic mass is 16.4. The standard InChI is InChI=1S/2C14H22O4.4C12H12O4.4C8H10O4/c2*15-13(16)11-7-3-1-5-9(11)10-6-2-4-8-12(10)14(17)18;4*13-11(14)9-5-7-3-1-2-4-8(7)6-10(9)12(15)16;4*9-7(10)5-3-1-2-4-6(5)8(11)12/h2*9-12H,1-8H2,(H,15,16)(H,17,18);4*1-4,9-10H,5-6H2,(H,13,14)(H,15,16);4*1-2,5-6H,3-4H2,(H,9,10)(H,11,12)/p-5/t2*9-,10-,11?,12?;;;;;4*5-,6?/m11....1100/s1. The molecule has 0 spiro atoms. The van der Waals surface area contributed by atoms with Crippen molar-refractivity contribution >= 4 is 119 Å². The van der Waals surface area contributed by atoms with E-state index in [2.05, 4.69) is 0 Å². The first kappa shape index (κ1) is 120. The van der Waals surface area contributed by atoms with Crippen LogP contribution in [-0.2, 0) is 147 Å². The summed E-state index contributed by atoms with van der Waals surface area (Å²) in [7, 11) is 0. The maximum Gasteiger partial charge on any atom is 0.307 e. The van der Waals surface area contributed by atoms with E-state index < -0.39 is 220 Å². The van der Waals surface area contributed by atoms with Gasteiger partial charge in [0.05, 0.1) is 88.8 Å². The Labute approximate surface area is 851 Å². The van der Waals surface area contributed by atoms with Crippen molar-refractivity contribution in [1.82, 2.24) is 0 Å². The van der Waals surface area contributed by atoms with E-state index in [1.807, 2.05) is 97.1 Å². The van der Waals surface area contributed by atoms with E-state index >= 15 is 0 Å². The Bertz CT molecular complexity index is 4580. The molecule has 4 fully saturated rings. The minimum absolute atomic E-state index is 0.0187. The van der Waals surface area contributed by atoms with Gasteiger partial charge in [0, 0.05) is 59.4 Å². The van der Waals surface area contributed by atoms with Crippen molar-refractivity contribution in [1.29, 1.82) is 0 Å². The third kappa shape index (κ3) is 34.7. The Hall–Kier alpha value is -14.8. The molecule has 4 saturated carbocycles. The minimum atomic E-state index is -1.28. The van der Waals surface area contributed by atoms with Gasteiger partial charge in [-0.2, -0.15) is 0 Å². The summed E-state index contributed by atoms with van der Waals surface area (Å²) in [6, 6.07) is 29.5. The lowest BCUT2D eigenvalue weighted by Crippen LogP contribution is -2.44. The van der Waals surface area contributed by atoms with Crippen LogP contribution >= 0.6 is 0 Å². The molecule has 40 heteroatoms. The molecule has 804 valence electrons. The molecule has 24 atom stereocenters. The van der Waals surface area contributed by atoms with E-state index in [1.165, 1.54) is 0 Å². The zero-order valence-electron chi connectivity index (χ0n) is 81.3. The summed E-state index contributed by atoms with van der Waals surface area (Å²) in [4.78, 5) is 217. The van der Waals surface area contributed by atoms with E-state index in [0.717, 1.165) is 134 Å². The third-order valence-corrected chi connectivity index (χ3v) is 30.3. The summed E-state index contributed by atoms with van der Waals surface area (Å²) in [6.07, 6.45) is 32.6. The Morgan fingerprint density at radius 3 is 0.426 bits per heavy atom. The summed E-state index contributed by atoms with van der Waals surface area (Å²) in [6.45, 7) is 0. The molecule has 16 rings (SSSR count). The monoisotopic (exact) mass is 2060 g/mol. The second-order valence-electron chi connectivity index (χ2n) is 39.1. The number of carboxylic acids is 20. The number of carboxylic acid groups (broad SMARTS) is 20. The van der Waals surface area contributed by atoms with Crippen molar-refractivity contribution in [2.75, 3.05) is 0 Å². The van der Waals surface area contributed by atoms with Gasteiger partial charge in [0.15, 0.2) is 0 Å². The van der Waals surface area contributed by atoms with Gasteiger partial charge in [0.25, 0.3) is 0 Å². The van der Waals surface area contributed by atoms with Crippen LogP contribution in [0.3, 0.4) is 0 Å². The van der Waals surface area contributed by atoms with E-state index in [1.54, 1.807) is 48.6 Å². The maximum atomic E-state index is 11.3. The average molecular weight is 2070 g/mol. The Morgan fingerprint density at radius 1 is 0.155 bits per heavy atom. The van der Waals surface area contributed by atoms with Crippen LogP contribution < -0.4 is 25.5 Å². The zero-order valence-corrected chi connectivity index (χ0v) is 81.3. The highest BCUT2D eigenvalue weighted by Gasteiger charge is 2.47. The van der Waals surface area contributed by atoms with Crippen LogP contribution in [0.1, 0.15) is 199 Å². The number of aliphatic carboxylic acids is 20. The number of allylic oxidation sites excluding steroid dienone is 8. The quantitative estimate of drug-likeness (QED) is 0.0370. The molecule has 0 heterocycles. The normalized spacial score (nSPS) is 28.4. The van der Waals surface area contributed by atoms with Crippen LogP contribution in [0.25, 0.3) is 0 Å². The molecule has 148 heavy (non-hydrogen) atoms. The molecule has 16 unspecified atom stereocenters. The van der Waals surface area contributed by atoms with E-state index in [0.29, 0.717) is 64.2 Å². The van der Waals surface area contributed by atoms with Crippen LogP contribution in [0.15, 0.2) is 146 Å². The summed E-state index contributed by atoms with van der Waals surface area (Å²) in [5.41, 5.74) is 7.47. The van der Waals surface area contributed by atoms with Crippen molar-refractivity contribution in [3.05, 3.63) is 190 Å². The molecule has 15 N–H and O–H groups in total. The molecule has 0 aliphatic heterocycles. The Kier molecular flexibility index (Phi) is 47.5. The Balaban J connectivity index is 0.000000223. The Morgan fingerprint density at radius 2 is 0.277 bits per heavy atom. The third-order valence-electron chi connectivity index (χ3n) is 30.3. The number of hydrogen-bond donors (Lipinski definition) is 15. The number of rotatable bonds is 22. The lowest BCUT2D eigenvalue weighted by atomic mass is 9.64. The molecule has 40 nitrogen and oxygen atoms in total. The number of hydrogen-bond acceptors (Lipinski definition) is 25. The van der Waals surface area contributed by atoms with Crippen LogP contribution in [0.5, 0.6) is 0 Å². The smallest absolute Gasteiger partial charge is 0.307 e. The second kappa shape index (κ2) is 58.5. The molecular formula is C108H127O40-5. The van der Waals surface area contributed by atoms with Gasteiger partial charge in [-0.3, -0.25) is 71.9 Å². The van der Waals surface area contributed by atoms with Gasteiger partial charge >= 0.3 is 89.5 Å². The van der Waals surface area contributed by atoms with Gasteiger partial charge < -0.3 is 126 Å². The van der Waals surface area contributed by atoms with Crippen LogP contribution in [0.4, 0.5) is 0 Å². The molecular weight excluding hydrogens is 1940 g/mol. The topological polar surface area (TPSA) is 760 Å². The van der Waals surface area contributed by atoms with Gasteiger partial charge in [-0.15, -0.1) is 0 Å². The predicted octanol–water partition coefficient (Wildman–Crippen LogP) is 6.56. The molecule has 0 amide bonds. The first-order valence-corrected chi connectivity index (χ1v) is 49.4. The summed E-state index contributed by atoms with van der Waals surface area (Å²) in [5.74, 6) is -35.2. The summed E-state index contributed by atoms with van der Waals surface area (Å²) in [5, 5.41) is 188. The van der Waals surface area contributed by atoms with Gasteiger partial charge in [-0.25, -0.2) is 0 Å². The lowest BCUT2D eigenvalue weighted by Gasteiger charge is -2.42. The fraction of sp³-hybridized carbons (Fsp3) is 0.519. The highest BCUT2D eigenvalue weighted by molar-refractivity contribution is 5.86. The summed E-state index contributed by atoms with van der Waals surface area (Å²) >= 11 is 0. The summed E-state index contributed by atoms with van der Waals surface area (Å²) < 4.78 is 0. The van der Waals surface area contributed by atoms with Gasteiger partial charge in [-0.05, 0) is 222 Å². The number of benzene rings is 4. The fourth-order valence-corrected chi connectivity index (χ4v) is 22.2. The molecule has 4 aromatic rings. The number of carbonyl (C=O) groups is 20. The minimum Gasteiger partial charge on any atom is -0.550 e. The average Bonchev–Trinajstić information content (AvgIpc) is 0.680. The SMILES string of the molecule is O=C(O)C1CC=CC[C@@H]1C(=O)O.O=C(O)C1CC=CC[C@@H]1C(=O)[O-].O=C(O)C1CC=CC[C@H]1C(=O)O.O=C(O)C1CCCC[C@@H]1[C@H]1CCCCC1C(=O)O.O=C(O)C1Cc2ccccc2CC1C(=O)O.O=C(O)C1Cc2ccccc2CC1C(=O)O.O=C([O-])C1CC=CC[C@H]1C(=O)O.O=C([O-])C1CCCC[C@@H]1[C@H]1CCCCC1C(=O)O.O=C([O-])C1Cc2ccccc2CC1C(=O)O.O=C([O-])C1Cc2ccccc2CC1C(=O)O. The van der Waals surface area contributed by atoms with Crippen molar-refractivity contribution in [2.45, 2.75) is 205 Å². The van der Waals surface area contributed by atoms with Gasteiger partial charge in [-0.1, -0.05) is 197 Å². The van der Waals surface area contributed by atoms with Crippen molar-refractivity contribution in [2.24, 2.45) is 142 Å². The number of fused-ring (bicyclic) bond motifs is 4. The van der Waals surface area contributed by atoms with Crippen LogP contribution in [0.2, 0.25) is 0 Å². The molecule has 4 aromatic carbocycles. The van der Waals surface area contributed by atoms with E-state index in [-0.39, 0.29) is 92.8 Å². The van der Waals surface area contributed by atoms with Gasteiger partial charge in [0.1, 0.15) is 0 Å². The lowest BCUT2D eigenvalue weighted by molar-refractivity contribution is -0.316. The highest BCUT2D eigenvalue weighted by Crippen LogP contribution is 2.47. The zero-order chi connectivity index (χ0) is 110. The first-order valence-electron chi connectivity index (χ1n) is 49.4. The van der Waals surface area contributed by atoms with E-state index in [9.17, 15) is 137 Å². The van der Waals surface area contributed by atoms with E-state index in [4.69, 9.17) is 61.3 Å². The predicted molar refractivity (Wildman–Crippen MR) is 506 cm³/mol. The molecule has 0 bridgehead atoms. The first-order chi connectivity index (χ1) is 70.1. The second-order valence-corrected chi connectivity index (χ2v) is 39.1. The molecule has 12 aliphatic rings. The fourth-order valence-electron chi connectivity index (χ4n) is 22.2. The molecule has 0 radical (unpaired) electrons.